The number of amides is 1. The molecule has 1 amide bonds. The third-order valence-corrected chi connectivity index (χ3v) is 6.08. The van der Waals surface area contributed by atoms with Crippen LogP contribution in [0.4, 0.5) is 4.79 Å². The number of hydrogen-bond acceptors (Lipinski definition) is 8. The molecule has 0 unspecified atom stereocenters. The largest absolute Gasteiger partial charge is 0.449 e. The van der Waals surface area contributed by atoms with Gasteiger partial charge in [0.25, 0.3) is 0 Å². The Morgan fingerprint density at radius 3 is 2.91 bits per heavy atom. The lowest BCUT2D eigenvalue weighted by atomic mass is 10.1. The van der Waals surface area contributed by atoms with Crippen molar-refractivity contribution in [3.05, 3.63) is 47.3 Å². The number of rotatable bonds is 4. The van der Waals surface area contributed by atoms with Crippen LogP contribution in [0.15, 0.2) is 41.6 Å². The zero-order chi connectivity index (χ0) is 24.5. The van der Waals surface area contributed by atoms with Crippen molar-refractivity contribution in [3.63, 3.8) is 0 Å². The van der Waals surface area contributed by atoms with Crippen LogP contribution in [0.2, 0.25) is 0 Å². The van der Waals surface area contributed by atoms with Gasteiger partial charge >= 0.3 is 11.8 Å². The average Bonchev–Trinajstić information content (AvgIpc) is 3.42. The van der Waals surface area contributed by atoms with Crippen LogP contribution in [-0.2, 0) is 9.53 Å². The molecular weight excluding hydrogens is 452 g/mol. The van der Waals surface area contributed by atoms with Crippen molar-refractivity contribution in [2.45, 2.75) is 32.2 Å². The van der Waals surface area contributed by atoms with E-state index in [0.29, 0.717) is 30.8 Å². The minimum absolute atomic E-state index is 0.0964. The quantitative estimate of drug-likeness (QED) is 0.437. The number of nitriles is 1. The van der Waals surface area contributed by atoms with Crippen molar-refractivity contribution in [2.75, 3.05) is 19.7 Å². The number of fused-ring (bicyclic) bond motifs is 2. The highest BCUT2D eigenvalue weighted by Crippen LogP contribution is 2.27. The molecule has 0 bridgehead atoms. The van der Waals surface area contributed by atoms with Gasteiger partial charge in [0.2, 0.25) is 5.91 Å². The Bertz CT molecular complexity index is 1540. The molecule has 0 spiro atoms. The second-order valence-electron chi connectivity index (χ2n) is 8.15. The number of ether oxygens (including phenoxy) is 1. The lowest BCUT2D eigenvalue weighted by Crippen LogP contribution is -2.43. The molecule has 4 aromatic rings. The molecule has 0 radical (unpaired) electrons. The summed E-state index contributed by atoms with van der Waals surface area (Å²) in [5.41, 5.74) is 1.34. The number of carbonyl (C=O) groups is 2. The van der Waals surface area contributed by atoms with Gasteiger partial charge in [-0.3, -0.25) is 9.36 Å². The molecule has 178 valence electrons. The second kappa shape index (κ2) is 9.02. The van der Waals surface area contributed by atoms with Crippen molar-refractivity contribution >= 4 is 28.7 Å². The van der Waals surface area contributed by atoms with E-state index in [4.69, 9.17) is 10.00 Å². The summed E-state index contributed by atoms with van der Waals surface area (Å²) >= 11 is 0. The molecule has 0 aliphatic carbocycles. The fourth-order valence-corrected chi connectivity index (χ4v) is 4.50. The van der Waals surface area contributed by atoms with Gasteiger partial charge < -0.3 is 9.64 Å². The van der Waals surface area contributed by atoms with E-state index in [2.05, 4.69) is 15.1 Å². The molecule has 0 saturated carbocycles. The summed E-state index contributed by atoms with van der Waals surface area (Å²) in [4.78, 5) is 49.2. The topological polar surface area (TPSA) is 140 Å². The van der Waals surface area contributed by atoms with Crippen LogP contribution in [0.3, 0.4) is 0 Å². The van der Waals surface area contributed by atoms with Crippen LogP contribution < -0.4 is 5.69 Å². The van der Waals surface area contributed by atoms with Gasteiger partial charge in [0.1, 0.15) is 11.9 Å². The molecule has 1 aliphatic heterocycles. The number of piperidine rings is 1. The summed E-state index contributed by atoms with van der Waals surface area (Å²) in [6.07, 6.45) is 5.08. The molecule has 12 heteroatoms. The number of pyridine rings is 1. The zero-order valence-corrected chi connectivity index (χ0v) is 19.0. The molecule has 12 nitrogen and oxygen atoms in total. The van der Waals surface area contributed by atoms with Crippen LogP contribution in [0.5, 0.6) is 0 Å². The van der Waals surface area contributed by atoms with Crippen LogP contribution >= 0.6 is 0 Å². The minimum Gasteiger partial charge on any atom is -0.449 e. The van der Waals surface area contributed by atoms with Gasteiger partial charge in [0.15, 0.2) is 11.5 Å². The minimum atomic E-state index is -0.818. The fraction of sp³-hybridized carbons (Fsp3) is 0.348. The van der Waals surface area contributed by atoms with Crippen molar-refractivity contribution in [1.29, 1.82) is 5.26 Å². The molecule has 5 heterocycles. The number of imidazole rings is 1. The Kier molecular flexibility index (Phi) is 5.74. The molecule has 1 fully saturated rings. The van der Waals surface area contributed by atoms with Crippen molar-refractivity contribution in [3.8, 4) is 17.5 Å². The summed E-state index contributed by atoms with van der Waals surface area (Å²) in [6.45, 7) is 2.49. The Balaban J connectivity index is 1.67. The lowest BCUT2D eigenvalue weighted by molar-refractivity contribution is -0.131. The molecule has 1 saturated heterocycles. The molecule has 1 aliphatic rings. The normalized spacial score (nSPS) is 15.9. The van der Waals surface area contributed by atoms with Crippen LogP contribution in [-0.4, -0.2) is 65.3 Å². The van der Waals surface area contributed by atoms with Crippen LogP contribution in [0.25, 0.3) is 28.1 Å². The molecule has 5 rings (SSSR count). The van der Waals surface area contributed by atoms with E-state index < -0.39 is 17.8 Å². The van der Waals surface area contributed by atoms with E-state index in [1.165, 1.54) is 10.8 Å². The summed E-state index contributed by atoms with van der Waals surface area (Å²) in [5, 5.41) is 13.2. The SMILES string of the molecule is CCOC(=O)n1c(=O)n([C@H]2CCCN(C(=O)CC#N)C2)c2nc(-c3cnn4ccccc34)ncc21. The standard InChI is InChI=1S/C23H22N8O4/c1-2-35-23(34)31-18-13-25-20(16-12-26-29-11-4-3-7-17(16)29)27-21(18)30(22(31)33)15-6-5-10-28(14-15)19(32)8-9-24/h3-4,7,11-13,15H,2,5-6,8,10,14H2,1H3/t15-/m0/s1. The maximum absolute atomic E-state index is 13.5. The number of nitrogens with zero attached hydrogens (tertiary/aromatic N) is 8. The van der Waals surface area contributed by atoms with Crippen LogP contribution in [0, 0.1) is 11.3 Å². The third-order valence-electron chi connectivity index (χ3n) is 6.08. The first-order valence-electron chi connectivity index (χ1n) is 11.3. The highest BCUT2D eigenvalue weighted by Gasteiger charge is 2.31. The number of hydrogen-bond donors (Lipinski definition) is 0. The fourth-order valence-electron chi connectivity index (χ4n) is 4.50. The van der Waals surface area contributed by atoms with E-state index in [1.807, 2.05) is 24.3 Å². The van der Waals surface area contributed by atoms with Crippen molar-refractivity contribution < 1.29 is 14.3 Å². The maximum atomic E-state index is 13.5. The molecule has 0 N–H and O–H groups in total. The summed E-state index contributed by atoms with van der Waals surface area (Å²) in [7, 11) is 0. The maximum Gasteiger partial charge on any atom is 0.422 e. The molecule has 4 aromatic heterocycles. The molecule has 1 atom stereocenters. The lowest BCUT2D eigenvalue weighted by Gasteiger charge is -2.32. The van der Waals surface area contributed by atoms with E-state index in [9.17, 15) is 14.4 Å². The van der Waals surface area contributed by atoms with E-state index >= 15 is 0 Å². The zero-order valence-electron chi connectivity index (χ0n) is 19.0. The van der Waals surface area contributed by atoms with Gasteiger partial charge in [-0.2, -0.15) is 14.9 Å². The van der Waals surface area contributed by atoms with Gasteiger partial charge in [-0.1, -0.05) is 6.07 Å². The number of carbonyl (C=O) groups excluding carboxylic acids is 2. The van der Waals surface area contributed by atoms with Crippen molar-refractivity contribution in [2.24, 2.45) is 0 Å². The van der Waals surface area contributed by atoms with Crippen LogP contribution in [0.1, 0.15) is 32.2 Å². The predicted octanol–water partition coefficient (Wildman–Crippen LogP) is 1.99. The Labute approximate surface area is 199 Å². The first-order valence-corrected chi connectivity index (χ1v) is 11.3. The monoisotopic (exact) mass is 474 g/mol. The van der Waals surface area contributed by atoms with Gasteiger partial charge in [-0.25, -0.2) is 24.1 Å². The Morgan fingerprint density at radius 1 is 1.26 bits per heavy atom. The highest BCUT2D eigenvalue weighted by atomic mass is 16.5. The predicted molar refractivity (Wildman–Crippen MR) is 123 cm³/mol. The average molecular weight is 474 g/mol. The summed E-state index contributed by atoms with van der Waals surface area (Å²) < 4.78 is 9.17. The first kappa shape index (κ1) is 22.3. The second-order valence-corrected chi connectivity index (χ2v) is 8.15. The van der Waals surface area contributed by atoms with Gasteiger partial charge in [0, 0.05) is 19.3 Å². The van der Waals surface area contributed by atoms with E-state index in [0.717, 1.165) is 10.1 Å². The van der Waals surface area contributed by atoms with Crippen molar-refractivity contribution in [1.82, 2.24) is 33.6 Å². The van der Waals surface area contributed by atoms with E-state index in [-0.39, 0.29) is 36.6 Å². The number of likely N-dealkylation sites (tertiary alicyclic amines) is 1. The Hall–Kier alpha value is -4.53. The molecule has 0 aromatic carbocycles. The Morgan fingerprint density at radius 2 is 2.11 bits per heavy atom. The van der Waals surface area contributed by atoms with Gasteiger partial charge in [0.05, 0.1) is 42.2 Å². The highest BCUT2D eigenvalue weighted by molar-refractivity contribution is 5.86. The third kappa shape index (κ3) is 3.80. The smallest absolute Gasteiger partial charge is 0.422 e. The van der Waals surface area contributed by atoms with Gasteiger partial charge in [-0.15, -0.1) is 0 Å². The summed E-state index contributed by atoms with van der Waals surface area (Å²) in [5.74, 6) is 0.0581. The first-order chi connectivity index (χ1) is 17.0. The number of aromatic nitrogens is 6. The van der Waals surface area contributed by atoms with E-state index in [1.54, 1.807) is 28.7 Å². The molecular formula is C23H22N8O4. The summed E-state index contributed by atoms with van der Waals surface area (Å²) in [6, 6.07) is 7.06. The van der Waals surface area contributed by atoms with Gasteiger partial charge in [-0.05, 0) is 31.9 Å². The molecule has 35 heavy (non-hydrogen) atoms.